The van der Waals surface area contributed by atoms with Crippen LogP contribution >= 0.6 is 0 Å². The Morgan fingerprint density at radius 2 is 0.856 bits per heavy atom. The van der Waals surface area contributed by atoms with Crippen LogP contribution < -0.4 is 21.3 Å². The van der Waals surface area contributed by atoms with Crippen LogP contribution in [0.15, 0.2) is 24.8 Å². The van der Waals surface area contributed by atoms with Gasteiger partial charge in [0.2, 0.25) is 65.0 Å². The molecule has 0 radical (unpaired) electrons. The topological polar surface area (TPSA) is 279 Å². The van der Waals surface area contributed by atoms with Gasteiger partial charge in [0.1, 0.15) is 66.5 Å². The highest BCUT2D eigenvalue weighted by molar-refractivity contribution is 6.00. The van der Waals surface area contributed by atoms with E-state index in [0.29, 0.717) is 19.3 Å². The van der Waals surface area contributed by atoms with Crippen LogP contribution in [0.2, 0.25) is 0 Å². The van der Waals surface area contributed by atoms with Crippen molar-refractivity contribution in [3.8, 4) is 0 Å². The molecule has 11 amide bonds. The van der Waals surface area contributed by atoms with Crippen LogP contribution in [0.5, 0.6) is 0 Å². The minimum absolute atomic E-state index is 0.00836. The van der Waals surface area contributed by atoms with E-state index in [9.17, 15) is 33.9 Å². The summed E-state index contributed by atoms with van der Waals surface area (Å²) in [6, 6.07) is -13.7. The number of unbranched alkanes of at least 4 members (excludes halogenated alkanes) is 1. The van der Waals surface area contributed by atoms with Gasteiger partial charge in [-0.2, -0.15) is 0 Å². The Hall–Kier alpha value is -6.39. The van der Waals surface area contributed by atoms with Crippen molar-refractivity contribution < 1.29 is 57.8 Å². The van der Waals surface area contributed by atoms with E-state index in [1.165, 1.54) is 92.6 Å². The van der Waals surface area contributed by atoms with Crippen LogP contribution in [0.3, 0.4) is 0 Å². The third-order valence-electron chi connectivity index (χ3n) is 17.3. The predicted molar refractivity (Wildman–Crippen MR) is 351 cm³/mol. The molecular formula is C67H119N11O12. The number of carbonyl (C=O) groups is 11. The van der Waals surface area contributed by atoms with Gasteiger partial charge in [-0.15, -0.1) is 6.58 Å². The molecule has 1 aliphatic heterocycles. The lowest BCUT2D eigenvalue weighted by molar-refractivity contribution is -0.157. The van der Waals surface area contributed by atoms with Crippen molar-refractivity contribution in [1.29, 1.82) is 0 Å². The van der Waals surface area contributed by atoms with E-state index < -0.39 is 155 Å². The van der Waals surface area contributed by atoms with E-state index in [-0.39, 0.29) is 62.2 Å². The quantitative estimate of drug-likeness (QED) is 0.0845. The van der Waals surface area contributed by atoms with E-state index in [1.54, 1.807) is 60.6 Å². The van der Waals surface area contributed by atoms with Gasteiger partial charge in [-0.1, -0.05) is 115 Å². The number of carbonyl (C=O) groups excluding carboxylic acids is 11. The normalized spacial score (nSPS) is 26.9. The lowest BCUT2D eigenvalue weighted by Crippen LogP contribution is -2.64. The van der Waals surface area contributed by atoms with Crippen molar-refractivity contribution in [3.63, 3.8) is 0 Å². The van der Waals surface area contributed by atoms with Crippen molar-refractivity contribution in [3.05, 3.63) is 24.8 Å². The highest BCUT2D eigenvalue weighted by Crippen LogP contribution is 2.26. The summed E-state index contributed by atoms with van der Waals surface area (Å²) in [5.74, 6) is -9.76. The van der Waals surface area contributed by atoms with Crippen LogP contribution in [0.4, 0.5) is 0 Å². The fraction of sp³-hybridized carbons (Fsp3) is 0.776. The zero-order valence-corrected chi connectivity index (χ0v) is 59.3. The molecule has 1 aliphatic rings. The van der Waals surface area contributed by atoms with E-state index in [2.05, 4.69) is 27.8 Å². The van der Waals surface area contributed by atoms with Crippen LogP contribution in [0.25, 0.3) is 0 Å². The number of amides is 11. The Balaban J connectivity index is 4.50. The Morgan fingerprint density at radius 1 is 0.456 bits per heavy atom. The Labute approximate surface area is 540 Å². The highest BCUT2D eigenvalue weighted by atomic mass is 16.3. The standard InChI is InChI=1S/C67H119N11O12/c1-26-29-31-33-48-63(86)73(20)50(35-39(6)7)59(82)71-53(42(12)13)66(89)74(21)49(34-38(4)5)58(81)68-45(17)57(80)69-46(18)61(84)75(22)51(36-40(8)9)64(87)76(23)52(37-41(10)11)65(88)77(24)54(43(14)15)67(90)78(25)55(56(79)44(16)32-30-27-2)60(83)70-47(28-3)62(85)72(48)19/h26-27,30,38-56,79H,1,28-29,31-37H2,2-25H3,(H,68,81)(H,69,80)(H,70,83)(H,71,82)/b30-27+/t44-,45+,46-,47+,48?,49+,50+,51+,52+,53?,54+,55+,56-/m1/s1. The maximum atomic E-state index is 15.3. The zero-order valence-electron chi connectivity index (χ0n) is 59.3. The van der Waals surface area contributed by atoms with Gasteiger partial charge in [-0.3, -0.25) is 52.7 Å². The van der Waals surface area contributed by atoms with Gasteiger partial charge in [0.05, 0.1) is 6.10 Å². The number of rotatable bonds is 19. The molecule has 0 aromatic rings. The summed E-state index contributed by atoms with van der Waals surface area (Å²) in [4.78, 5) is 172. The lowest BCUT2D eigenvalue weighted by atomic mass is 9.91. The first-order valence-electron chi connectivity index (χ1n) is 32.7. The summed E-state index contributed by atoms with van der Waals surface area (Å²) >= 11 is 0. The zero-order chi connectivity index (χ0) is 69.7. The number of nitrogens with zero attached hydrogens (tertiary/aromatic N) is 7. The summed E-state index contributed by atoms with van der Waals surface area (Å²) in [5, 5.41) is 23.4. The van der Waals surface area contributed by atoms with Gasteiger partial charge in [-0.05, 0) is 120 Å². The molecule has 0 spiro atoms. The average Bonchev–Trinajstić information content (AvgIpc) is 0.969. The number of aliphatic hydroxyl groups is 1. The highest BCUT2D eigenvalue weighted by Gasteiger charge is 2.46. The monoisotopic (exact) mass is 1270 g/mol. The first kappa shape index (κ1) is 81.6. The van der Waals surface area contributed by atoms with Gasteiger partial charge in [0, 0.05) is 49.3 Å². The third kappa shape index (κ3) is 22.8. The minimum Gasteiger partial charge on any atom is -0.390 e. The SMILES string of the molecule is C=CCCCC1C(=O)N(C)[C@@H](CC(C)C)C(=O)NC(C(C)C)C(=O)N(C)[C@@H](CC(C)C)C(=O)N[C@@H](C)C(=O)N[C@H](C)C(=O)N(C)[C@@H](CC(C)C)C(=O)N(C)[C@@H](CC(C)C)C(=O)N(C)[C@@H](C(C)C)C(=O)N(C)[C@@H]([C@H](O)[C@H](C)C/C=C/C)C(=O)N[C@@H](CC)C(=O)N1C. The molecule has 5 N–H and O–H groups in total. The smallest absolute Gasteiger partial charge is 0.246 e. The molecular weight excluding hydrogens is 1150 g/mol. The maximum Gasteiger partial charge on any atom is 0.246 e. The molecule has 23 nitrogen and oxygen atoms in total. The molecule has 1 heterocycles. The van der Waals surface area contributed by atoms with E-state index in [0.717, 1.165) is 4.90 Å². The molecule has 1 rings (SSSR count). The van der Waals surface area contributed by atoms with Crippen molar-refractivity contribution in [2.75, 3.05) is 49.3 Å². The fourth-order valence-electron chi connectivity index (χ4n) is 11.6. The third-order valence-corrected chi connectivity index (χ3v) is 17.3. The first-order valence-corrected chi connectivity index (χ1v) is 32.7. The first-order chi connectivity index (χ1) is 41.7. The van der Waals surface area contributed by atoms with Crippen molar-refractivity contribution in [2.45, 2.75) is 248 Å². The number of hydrogen-bond donors (Lipinski definition) is 5. The van der Waals surface area contributed by atoms with Gasteiger partial charge in [0.15, 0.2) is 0 Å². The predicted octanol–water partition coefficient (Wildman–Crippen LogP) is 4.99. The Kier molecular flexibility index (Phi) is 34.3. The Bertz CT molecular complexity index is 2470. The minimum atomic E-state index is -1.63. The molecule has 0 bridgehead atoms. The van der Waals surface area contributed by atoms with Crippen molar-refractivity contribution >= 4 is 65.0 Å². The molecule has 90 heavy (non-hydrogen) atoms. The van der Waals surface area contributed by atoms with Crippen LogP contribution in [0, 0.1) is 41.4 Å². The van der Waals surface area contributed by atoms with Gasteiger partial charge in [-0.25, -0.2) is 0 Å². The van der Waals surface area contributed by atoms with Gasteiger partial charge in [0.25, 0.3) is 0 Å². The van der Waals surface area contributed by atoms with Gasteiger partial charge < -0.3 is 60.7 Å². The van der Waals surface area contributed by atoms with Crippen LogP contribution in [-0.4, -0.2) is 226 Å². The molecule has 1 saturated heterocycles. The van der Waals surface area contributed by atoms with E-state index in [1.807, 2.05) is 61.5 Å². The molecule has 0 saturated carbocycles. The molecule has 2 unspecified atom stereocenters. The molecule has 1 fully saturated rings. The number of allylic oxidation sites excluding steroid dienone is 3. The molecule has 0 aromatic heterocycles. The number of aliphatic hydroxyl groups excluding tert-OH is 1. The van der Waals surface area contributed by atoms with Crippen molar-refractivity contribution in [1.82, 2.24) is 55.6 Å². The van der Waals surface area contributed by atoms with Gasteiger partial charge >= 0.3 is 0 Å². The largest absolute Gasteiger partial charge is 0.390 e. The molecule has 13 atom stereocenters. The van der Waals surface area contributed by atoms with E-state index in [4.69, 9.17) is 0 Å². The molecule has 514 valence electrons. The van der Waals surface area contributed by atoms with Crippen LogP contribution in [0.1, 0.15) is 175 Å². The Morgan fingerprint density at radius 3 is 1.30 bits per heavy atom. The van der Waals surface area contributed by atoms with Crippen LogP contribution in [-0.2, 0) is 52.7 Å². The lowest BCUT2D eigenvalue weighted by Gasteiger charge is -2.41. The number of likely N-dealkylation sites (N-methyl/N-ethyl adjacent to an activating group) is 7. The van der Waals surface area contributed by atoms with E-state index >= 15 is 24.0 Å². The average molecular weight is 1270 g/mol. The second kappa shape index (κ2) is 37.8. The second-order valence-electron chi connectivity index (χ2n) is 27.5. The summed E-state index contributed by atoms with van der Waals surface area (Å²) in [7, 11) is 10.1. The van der Waals surface area contributed by atoms with Crippen molar-refractivity contribution in [2.24, 2.45) is 41.4 Å². The molecule has 0 aromatic carbocycles. The summed E-state index contributed by atoms with van der Waals surface area (Å²) < 4.78 is 0. The summed E-state index contributed by atoms with van der Waals surface area (Å²) in [5.41, 5.74) is 0. The summed E-state index contributed by atoms with van der Waals surface area (Å²) in [6.07, 6.45) is 5.66. The summed E-state index contributed by atoms with van der Waals surface area (Å²) in [6.45, 7) is 33.8. The maximum absolute atomic E-state index is 15.3. The molecule has 23 heteroatoms. The number of hydrogen-bond acceptors (Lipinski definition) is 12. The molecule has 0 aliphatic carbocycles. The fourth-order valence-corrected chi connectivity index (χ4v) is 11.6. The second-order valence-corrected chi connectivity index (χ2v) is 27.5. The number of nitrogens with one attached hydrogen (secondary N) is 4.